The summed E-state index contributed by atoms with van der Waals surface area (Å²) >= 11 is 0. The van der Waals surface area contributed by atoms with Gasteiger partial charge < -0.3 is 9.64 Å². The number of hydrogen-bond donors (Lipinski definition) is 0. The minimum absolute atomic E-state index is 0.0537. The van der Waals surface area contributed by atoms with Crippen LogP contribution in [0.4, 0.5) is 17.1 Å². The molecule has 4 aliphatic rings. The van der Waals surface area contributed by atoms with Crippen molar-refractivity contribution in [1.82, 2.24) is 0 Å². The molecule has 0 N–H and O–H groups in total. The lowest BCUT2D eigenvalue weighted by atomic mass is 9.70. The highest BCUT2D eigenvalue weighted by molar-refractivity contribution is 5.98. The Morgan fingerprint density at radius 1 is 0.381 bits per heavy atom. The second-order valence-corrected chi connectivity index (χ2v) is 17.1. The fourth-order valence-electron chi connectivity index (χ4n) is 11.1. The Labute approximate surface area is 368 Å². The van der Waals surface area contributed by atoms with Crippen LogP contribution in [0.1, 0.15) is 33.7 Å². The third-order valence-corrected chi connectivity index (χ3v) is 13.9. The van der Waals surface area contributed by atoms with Crippen LogP contribution in [0.15, 0.2) is 237 Å². The van der Waals surface area contributed by atoms with Gasteiger partial charge in [-0.3, -0.25) is 0 Å². The Morgan fingerprint density at radius 3 is 1.46 bits per heavy atom. The van der Waals surface area contributed by atoms with Gasteiger partial charge in [-0.2, -0.15) is 0 Å². The van der Waals surface area contributed by atoms with Gasteiger partial charge in [0.05, 0.1) is 11.1 Å². The molecule has 3 aliphatic carbocycles. The minimum atomic E-state index is -0.469. The van der Waals surface area contributed by atoms with Crippen molar-refractivity contribution in [1.29, 1.82) is 0 Å². The molecule has 0 bridgehead atoms. The first-order valence-electron chi connectivity index (χ1n) is 22.0. The Hall–Kier alpha value is -7.94. The number of rotatable bonds is 6. The van der Waals surface area contributed by atoms with Crippen LogP contribution < -0.4 is 9.64 Å². The average molecular weight is 804 g/mol. The van der Waals surface area contributed by atoms with E-state index in [1.165, 1.54) is 72.3 Å². The number of allylic oxidation sites excluding steroid dienone is 2. The summed E-state index contributed by atoms with van der Waals surface area (Å²) in [5.41, 5.74) is 21.4. The highest BCUT2D eigenvalue weighted by Crippen LogP contribution is 2.63. The second kappa shape index (κ2) is 14.1. The van der Waals surface area contributed by atoms with Crippen molar-refractivity contribution in [2.75, 3.05) is 4.90 Å². The fourth-order valence-corrected chi connectivity index (χ4v) is 11.1. The Bertz CT molecular complexity index is 3240. The SMILES string of the molecule is C1=CC2Oc3c(ccc(N(c4ccc(-c5ccccc5)cc4)c4ccc5c(c4)C4(c6ccccc6-c6ccccc64)c4ccccc4-5)c3-c3ccc(-c4ccccc4)cc3)C2C=C1. The number of hydrogen-bond acceptors (Lipinski definition) is 2. The van der Waals surface area contributed by atoms with Crippen molar-refractivity contribution in [2.24, 2.45) is 0 Å². The van der Waals surface area contributed by atoms with Gasteiger partial charge in [0.25, 0.3) is 0 Å². The normalized spacial score (nSPS) is 16.4. The van der Waals surface area contributed by atoms with Gasteiger partial charge in [-0.25, -0.2) is 0 Å². The molecule has 0 fully saturated rings. The molecule has 9 aromatic carbocycles. The molecule has 9 aromatic rings. The monoisotopic (exact) mass is 803 g/mol. The zero-order chi connectivity index (χ0) is 41.5. The molecule has 13 rings (SSSR count). The predicted molar refractivity (Wildman–Crippen MR) is 259 cm³/mol. The van der Waals surface area contributed by atoms with Crippen LogP contribution in [-0.2, 0) is 5.41 Å². The summed E-state index contributed by atoms with van der Waals surface area (Å²) in [7, 11) is 0. The third kappa shape index (κ3) is 5.31. The lowest BCUT2D eigenvalue weighted by molar-refractivity contribution is 0.270. The van der Waals surface area contributed by atoms with Gasteiger partial charge in [0.15, 0.2) is 0 Å². The zero-order valence-corrected chi connectivity index (χ0v) is 34.5. The molecule has 2 nitrogen and oxygen atoms in total. The molecule has 1 aliphatic heterocycles. The summed E-state index contributed by atoms with van der Waals surface area (Å²) in [6.45, 7) is 0. The summed E-state index contributed by atoms with van der Waals surface area (Å²) in [6, 6.07) is 78.4. The van der Waals surface area contributed by atoms with Gasteiger partial charge in [0.1, 0.15) is 11.9 Å². The van der Waals surface area contributed by atoms with E-state index in [9.17, 15) is 0 Å². The molecule has 0 radical (unpaired) electrons. The van der Waals surface area contributed by atoms with Crippen molar-refractivity contribution in [3.63, 3.8) is 0 Å². The summed E-state index contributed by atoms with van der Waals surface area (Å²) in [5.74, 6) is 1.10. The number of benzene rings is 9. The Morgan fingerprint density at radius 2 is 0.857 bits per heavy atom. The maximum atomic E-state index is 7.06. The Kier molecular flexibility index (Phi) is 7.98. The van der Waals surface area contributed by atoms with Crippen LogP contribution in [0, 0.1) is 0 Å². The number of ether oxygens (including phenoxy) is 1. The van der Waals surface area contributed by atoms with E-state index in [4.69, 9.17) is 4.74 Å². The van der Waals surface area contributed by atoms with E-state index in [1.807, 2.05) is 0 Å². The Balaban J connectivity index is 1.07. The van der Waals surface area contributed by atoms with Crippen LogP contribution in [0.3, 0.4) is 0 Å². The summed E-state index contributed by atoms with van der Waals surface area (Å²) in [6.07, 6.45) is 8.69. The molecule has 2 atom stereocenters. The lowest BCUT2D eigenvalue weighted by Crippen LogP contribution is -2.26. The highest BCUT2D eigenvalue weighted by atomic mass is 16.5. The largest absolute Gasteiger partial charge is 0.484 e. The van der Waals surface area contributed by atoms with Crippen molar-refractivity contribution in [3.8, 4) is 61.4 Å². The van der Waals surface area contributed by atoms with Crippen molar-refractivity contribution in [2.45, 2.75) is 17.4 Å². The van der Waals surface area contributed by atoms with E-state index in [0.29, 0.717) is 0 Å². The molecule has 2 unspecified atom stereocenters. The average Bonchev–Trinajstić information content (AvgIpc) is 3.99. The van der Waals surface area contributed by atoms with Crippen LogP contribution in [0.5, 0.6) is 5.75 Å². The van der Waals surface area contributed by atoms with Gasteiger partial charge in [0, 0.05) is 28.4 Å². The van der Waals surface area contributed by atoms with Crippen molar-refractivity contribution in [3.05, 3.63) is 264 Å². The van der Waals surface area contributed by atoms with E-state index < -0.39 is 5.41 Å². The molecule has 0 saturated carbocycles. The van der Waals surface area contributed by atoms with E-state index >= 15 is 0 Å². The van der Waals surface area contributed by atoms with E-state index in [-0.39, 0.29) is 12.0 Å². The van der Waals surface area contributed by atoms with Crippen molar-refractivity contribution < 1.29 is 4.74 Å². The topological polar surface area (TPSA) is 12.5 Å². The van der Waals surface area contributed by atoms with E-state index in [2.05, 4.69) is 242 Å². The summed E-state index contributed by atoms with van der Waals surface area (Å²) < 4.78 is 7.06. The summed E-state index contributed by atoms with van der Waals surface area (Å²) in [4.78, 5) is 2.47. The lowest BCUT2D eigenvalue weighted by Gasteiger charge is -2.33. The predicted octanol–water partition coefficient (Wildman–Crippen LogP) is 15.5. The first-order chi connectivity index (χ1) is 31.3. The molecule has 2 heteroatoms. The van der Waals surface area contributed by atoms with Gasteiger partial charge >= 0.3 is 0 Å². The highest BCUT2D eigenvalue weighted by Gasteiger charge is 2.51. The van der Waals surface area contributed by atoms with Gasteiger partial charge in [-0.05, 0) is 109 Å². The quantitative estimate of drug-likeness (QED) is 0.166. The van der Waals surface area contributed by atoms with Crippen LogP contribution in [0.25, 0.3) is 55.6 Å². The van der Waals surface area contributed by atoms with Gasteiger partial charge in [-0.1, -0.05) is 200 Å². The maximum absolute atomic E-state index is 7.06. The fraction of sp³-hybridized carbons (Fsp3) is 0.0492. The van der Waals surface area contributed by atoms with Crippen LogP contribution >= 0.6 is 0 Å². The smallest absolute Gasteiger partial charge is 0.134 e. The first kappa shape index (κ1) is 35.8. The van der Waals surface area contributed by atoms with Crippen LogP contribution in [0.2, 0.25) is 0 Å². The van der Waals surface area contributed by atoms with Gasteiger partial charge in [0.2, 0.25) is 0 Å². The third-order valence-electron chi connectivity index (χ3n) is 13.9. The van der Waals surface area contributed by atoms with Gasteiger partial charge in [-0.15, -0.1) is 0 Å². The van der Waals surface area contributed by atoms with E-state index in [0.717, 1.165) is 33.9 Å². The first-order valence-corrected chi connectivity index (χ1v) is 22.0. The molecular formula is C61H41NO. The van der Waals surface area contributed by atoms with Crippen molar-refractivity contribution >= 4 is 17.1 Å². The number of fused-ring (bicyclic) bond motifs is 13. The standard InChI is InChI=1S/C61H41NO/c1-3-15-40(16-4-1)42-27-29-44(30-28-42)59-57(38-37-52-51-22-10-14-26-58(51)63-60(52)59)62(45-33-31-43(32-34-45)41-17-5-2-6-18-41)46-35-36-50-49-21-9-13-25-55(49)61(56(50)39-46)53-23-11-7-19-47(53)48-20-8-12-24-54(48)61/h1-39,51,58H. The second-order valence-electron chi connectivity index (χ2n) is 17.1. The molecule has 0 amide bonds. The maximum Gasteiger partial charge on any atom is 0.134 e. The number of nitrogens with zero attached hydrogens (tertiary/aromatic N) is 1. The zero-order valence-electron chi connectivity index (χ0n) is 34.5. The van der Waals surface area contributed by atoms with Crippen LogP contribution in [-0.4, -0.2) is 6.10 Å². The molecular weight excluding hydrogens is 763 g/mol. The molecule has 296 valence electrons. The number of anilines is 3. The summed E-state index contributed by atoms with van der Waals surface area (Å²) in [5, 5.41) is 0. The minimum Gasteiger partial charge on any atom is -0.484 e. The molecule has 1 heterocycles. The molecule has 63 heavy (non-hydrogen) atoms. The molecule has 1 spiro atoms. The molecule has 0 saturated heterocycles. The molecule has 0 aromatic heterocycles. The van der Waals surface area contributed by atoms with E-state index in [1.54, 1.807) is 0 Å².